The lowest BCUT2D eigenvalue weighted by molar-refractivity contribution is 0.180. The average molecular weight is 297 g/mol. The summed E-state index contributed by atoms with van der Waals surface area (Å²) in [6.45, 7) is 4.74. The van der Waals surface area contributed by atoms with Crippen LogP contribution in [0.25, 0.3) is 0 Å². The molecule has 1 aliphatic carbocycles. The molecule has 0 radical (unpaired) electrons. The van der Waals surface area contributed by atoms with Crippen LogP contribution in [0.5, 0.6) is 0 Å². The van der Waals surface area contributed by atoms with E-state index >= 15 is 0 Å². The van der Waals surface area contributed by atoms with Gasteiger partial charge < -0.3 is 5.32 Å². The van der Waals surface area contributed by atoms with Crippen molar-refractivity contribution in [3.8, 4) is 6.07 Å². The lowest BCUT2D eigenvalue weighted by Crippen LogP contribution is -2.50. The van der Waals surface area contributed by atoms with E-state index in [-0.39, 0.29) is 0 Å². The molecule has 2 aliphatic rings. The topological polar surface area (TPSA) is 39.1 Å². The van der Waals surface area contributed by atoms with Crippen molar-refractivity contribution in [3.05, 3.63) is 35.4 Å². The molecule has 0 spiro atoms. The van der Waals surface area contributed by atoms with Gasteiger partial charge in [0.2, 0.25) is 0 Å². The Hall–Kier alpha value is -1.37. The maximum atomic E-state index is 9.08. The van der Waals surface area contributed by atoms with Crippen LogP contribution in [-0.4, -0.2) is 36.6 Å². The Labute approximate surface area is 134 Å². The minimum atomic E-state index is 0.524. The highest BCUT2D eigenvalue weighted by Crippen LogP contribution is 2.29. The highest BCUT2D eigenvalue weighted by molar-refractivity contribution is 5.26. The minimum Gasteiger partial charge on any atom is -0.310 e. The third kappa shape index (κ3) is 3.88. The van der Waals surface area contributed by atoms with Gasteiger partial charge in [-0.1, -0.05) is 42.7 Å². The molecule has 3 heteroatoms. The van der Waals surface area contributed by atoms with Crippen LogP contribution in [-0.2, 0) is 0 Å². The molecule has 0 bridgehead atoms. The number of rotatable bonds is 4. The number of benzene rings is 1. The van der Waals surface area contributed by atoms with Crippen LogP contribution in [0.15, 0.2) is 24.3 Å². The molecule has 1 saturated carbocycles. The Bertz CT molecular complexity index is 528. The van der Waals surface area contributed by atoms with Crippen LogP contribution in [0, 0.1) is 18.3 Å². The summed E-state index contributed by atoms with van der Waals surface area (Å²) in [5.74, 6) is 0.543. The third-order valence-electron chi connectivity index (χ3n) is 5.16. The zero-order valence-electron chi connectivity index (χ0n) is 13.6. The summed E-state index contributed by atoms with van der Waals surface area (Å²) in [7, 11) is 0. The molecule has 2 atom stereocenters. The fraction of sp³-hybridized carbons (Fsp3) is 0.632. The monoisotopic (exact) mass is 297 g/mol. The summed E-state index contributed by atoms with van der Waals surface area (Å²) in [6.07, 6.45) is 6.58. The Morgan fingerprint density at radius 1 is 1.23 bits per heavy atom. The first kappa shape index (κ1) is 15.5. The van der Waals surface area contributed by atoms with E-state index in [0.717, 1.165) is 13.1 Å². The molecule has 3 rings (SSSR count). The number of nitrogens with one attached hydrogen (secondary N) is 1. The van der Waals surface area contributed by atoms with Crippen LogP contribution in [0.2, 0.25) is 0 Å². The number of hydrogen-bond donors (Lipinski definition) is 1. The van der Waals surface area contributed by atoms with E-state index < -0.39 is 0 Å². The molecule has 3 nitrogen and oxygen atoms in total. The van der Waals surface area contributed by atoms with Gasteiger partial charge in [0.25, 0.3) is 0 Å². The molecule has 2 fully saturated rings. The Balaban J connectivity index is 1.70. The van der Waals surface area contributed by atoms with Crippen LogP contribution in [0.3, 0.4) is 0 Å². The molecule has 1 aliphatic heterocycles. The SMILES string of the molecule is Cc1cccc(C2CC(NC3CCCC3)CN(CC#N)C2)c1. The van der Waals surface area contributed by atoms with Gasteiger partial charge in [-0.3, -0.25) is 4.90 Å². The fourth-order valence-electron chi connectivity index (χ4n) is 4.13. The second-order valence-corrected chi connectivity index (χ2v) is 7.04. The smallest absolute Gasteiger partial charge is 0.0866 e. The van der Waals surface area contributed by atoms with Gasteiger partial charge in [0, 0.05) is 25.2 Å². The molecule has 1 N–H and O–H groups in total. The molecule has 22 heavy (non-hydrogen) atoms. The second-order valence-electron chi connectivity index (χ2n) is 7.04. The number of piperidine rings is 1. The summed E-state index contributed by atoms with van der Waals surface area (Å²) >= 11 is 0. The van der Waals surface area contributed by atoms with Crippen molar-refractivity contribution >= 4 is 0 Å². The normalized spacial score (nSPS) is 26.9. The van der Waals surface area contributed by atoms with Gasteiger partial charge in [-0.25, -0.2) is 0 Å². The van der Waals surface area contributed by atoms with E-state index in [1.165, 1.54) is 43.2 Å². The Morgan fingerprint density at radius 3 is 2.77 bits per heavy atom. The van der Waals surface area contributed by atoms with E-state index in [9.17, 15) is 0 Å². The van der Waals surface area contributed by atoms with Crippen molar-refractivity contribution in [3.63, 3.8) is 0 Å². The van der Waals surface area contributed by atoms with Gasteiger partial charge >= 0.3 is 0 Å². The first-order valence-electron chi connectivity index (χ1n) is 8.66. The molecule has 2 unspecified atom stereocenters. The Morgan fingerprint density at radius 2 is 2.05 bits per heavy atom. The van der Waals surface area contributed by atoms with E-state index in [1.54, 1.807) is 0 Å². The second kappa shape index (κ2) is 7.26. The van der Waals surface area contributed by atoms with Crippen LogP contribution in [0.1, 0.15) is 49.1 Å². The summed E-state index contributed by atoms with van der Waals surface area (Å²) < 4.78 is 0. The zero-order chi connectivity index (χ0) is 15.4. The third-order valence-corrected chi connectivity index (χ3v) is 5.16. The number of nitriles is 1. The molecule has 0 amide bonds. The molecule has 118 valence electrons. The van der Waals surface area contributed by atoms with Gasteiger partial charge in [0.1, 0.15) is 0 Å². The van der Waals surface area contributed by atoms with E-state index in [1.807, 2.05) is 0 Å². The molecular weight excluding hydrogens is 270 g/mol. The Kier molecular flexibility index (Phi) is 5.12. The molecular formula is C19H27N3. The summed E-state index contributed by atoms with van der Waals surface area (Å²) in [5.41, 5.74) is 2.76. The number of aryl methyl sites for hydroxylation is 1. The van der Waals surface area contributed by atoms with Crippen molar-refractivity contribution in [2.24, 2.45) is 0 Å². The lowest BCUT2D eigenvalue weighted by Gasteiger charge is -2.38. The van der Waals surface area contributed by atoms with Crippen molar-refractivity contribution in [1.82, 2.24) is 10.2 Å². The summed E-state index contributed by atoms with van der Waals surface area (Å²) in [6, 6.07) is 12.4. The first-order chi connectivity index (χ1) is 10.7. The number of hydrogen-bond acceptors (Lipinski definition) is 3. The van der Waals surface area contributed by atoms with Gasteiger partial charge in [0.05, 0.1) is 12.6 Å². The van der Waals surface area contributed by atoms with E-state index in [4.69, 9.17) is 5.26 Å². The molecule has 1 aromatic rings. The molecule has 0 aromatic heterocycles. The number of nitrogens with zero attached hydrogens (tertiary/aromatic N) is 2. The quantitative estimate of drug-likeness (QED) is 0.867. The molecule has 1 heterocycles. The highest BCUT2D eigenvalue weighted by Gasteiger charge is 2.30. The van der Waals surface area contributed by atoms with Gasteiger partial charge in [-0.15, -0.1) is 0 Å². The predicted octanol–water partition coefficient (Wildman–Crippen LogP) is 3.21. The van der Waals surface area contributed by atoms with E-state index in [0.29, 0.717) is 24.5 Å². The average Bonchev–Trinajstić information content (AvgIpc) is 3.00. The van der Waals surface area contributed by atoms with Gasteiger partial charge in [-0.05, 0) is 37.7 Å². The summed E-state index contributed by atoms with van der Waals surface area (Å²) in [5, 5.41) is 12.9. The van der Waals surface area contributed by atoms with E-state index in [2.05, 4.69) is 47.5 Å². The van der Waals surface area contributed by atoms with Crippen LogP contribution >= 0.6 is 0 Å². The fourth-order valence-corrected chi connectivity index (χ4v) is 4.13. The number of likely N-dealkylation sites (tertiary alicyclic amines) is 1. The van der Waals surface area contributed by atoms with Gasteiger partial charge in [0.15, 0.2) is 0 Å². The van der Waals surface area contributed by atoms with Crippen LogP contribution < -0.4 is 5.32 Å². The van der Waals surface area contributed by atoms with Crippen molar-refractivity contribution in [1.29, 1.82) is 5.26 Å². The largest absolute Gasteiger partial charge is 0.310 e. The first-order valence-corrected chi connectivity index (χ1v) is 8.66. The predicted molar refractivity (Wildman–Crippen MR) is 89.8 cm³/mol. The van der Waals surface area contributed by atoms with Gasteiger partial charge in [-0.2, -0.15) is 5.26 Å². The van der Waals surface area contributed by atoms with Crippen molar-refractivity contribution in [2.45, 2.75) is 57.0 Å². The molecule has 1 aromatic carbocycles. The van der Waals surface area contributed by atoms with Crippen molar-refractivity contribution < 1.29 is 0 Å². The van der Waals surface area contributed by atoms with Crippen molar-refractivity contribution in [2.75, 3.05) is 19.6 Å². The lowest BCUT2D eigenvalue weighted by atomic mass is 9.87. The maximum absolute atomic E-state index is 9.08. The maximum Gasteiger partial charge on any atom is 0.0866 e. The summed E-state index contributed by atoms with van der Waals surface area (Å²) in [4.78, 5) is 2.32. The van der Waals surface area contributed by atoms with Crippen LogP contribution in [0.4, 0.5) is 0 Å². The molecule has 1 saturated heterocycles. The highest BCUT2D eigenvalue weighted by atomic mass is 15.2. The minimum absolute atomic E-state index is 0.524. The standard InChI is InChI=1S/C19H27N3/c1-15-5-4-6-16(11-15)17-12-19(14-22(13-17)10-9-20)21-18-7-2-3-8-18/h4-6,11,17-19,21H,2-3,7-8,10,12-14H2,1H3. The zero-order valence-corrected chi connectivity index (χ0v) is 13.6.